The molecule has 0 amide bonds. The standard InChI is InChI=1S/C23H17F3N2O2.C22H18F3NO2/c1-15-27-20-13-12-18(30-23(24,25)26)14-19(20)22(29)28(15)21(16-8-4-2-5-9-16)17-10-6-3-7-11-17;23-22(24,25)28-17-11-12-20(26)19(13-17)21(27)14-18(15-7-3-1-4-8-15)16-9-5-2-6-10-16/h2-14,21H,1H3;1-13,18H,14,26H2. The van der Waals surface area contributed by atoms with Gasteiger partial charge in [-0.25, -0.2) is 4.98 Å². The van der Waals surface area contributed by atoms with Gasteiger partial charge in [0.05, 0.1) is 16.9 Å². The normalized spacial score (nSPS) is 11.6. The number of hydrogen-bond acceptors (Lipinski definition) is 6. The van der Waals surface area contributed by atoms with E-state index in [0.29, 0.717) is 11.3 Å². The molecule has 7 aromatic rings. The molecule has 13 heteroatoms. The van der Waals surface area contributed by atoms with Crippen LogP contribution in [0.4, 0.5) is 32.0 Å². The Morgan fingerprint density at radius 3 is 1.53 bits per heavy atom. The van der Waals surface area contributed by atoms with Crippen LogP contribution in [-0.2, 0) is 0 Å². The topological polar surface area (TPSA) is 96.4 Å². The van der Waals surface area contributed by atoms with Crippen molar-refractivity contribution < 1.29 is 40.6 Å². The van der Waals surface area contributed by atoms with Gasteiger partial charge in [0, 0.05) is 23.6 Å². The number of fused-ring (bicyclic) bond motifs is 1. The number of benzene rings is 6. The summed E-state index contributed by atoms with van der Waals surface area (Å²) in [7, 11) is 0. The number of Topliss-reactive ketones (excluding diaryl/α,β-unsaturated/α-hetero) is 1. The Bertz CT molecular complexity index is 2450. The van der Waals surface area contributed by atoms with Crippen LogP contribution in [0.25, 0.3) is 10.9 Å². The van der Waals surface area contributed by atoms with Crippen LogP contribution < -0.4 is 20.8 Å². The number of nitrogens with zero attached hydrogens (tertiary/aromatic N) is 2. The Balaban J connectivity index is 0.000000196. The van der Waals surface area contributed by atoms with Gasteiger partial charge in [0.2, 0.25) is 0 Å². The summed E-state index contributed by atoms with van der Waals surface area (Å²) in [5.74, 6) is -1.08. The number of nitrogens with two attached hydrogens (primary N) is 1. The number of anilines is 1. The van der Waals surface area contributed by atoms with E-state index in [1.807, 2.05) is 121 Å². The molecule has 0 saturated carbocycles. The molecule has 0 fully saturated rings. The molecule has 0 aliphatic rings. The van der Waals surface area contributed by atoms with Crippen LogP contribution in [0.2, 0.25) is 0 Å². The number of alkyl halides is 6. The molecule has 7 nitrogen and oxygen atoms in total. The van der Waals surface area contributed by atoms with E-state index in [1.54, 1.807) is 6.92 Å². The second kappa shape index (κ2) is 17.5. The van der Waals surface area contributed by atoms with Gasteiger partial charge in [-0.1, -0.05) is 121 Å². The number of ether oxygens (including phenoxy) is 2. The smallest absolute Gasteiger partial charge is 0.406 e. The number of carbonyl (C=O) groups is 1. The number of nitrogen functional groups attached to an aromatic ring is 1. The van der Waals surface area contributed by atoms with Crippen LogP contribution in [0.5, 0.6) is 11.5 Å². The van der Waals surface area contributed by atoms with Crippen LogP contribution in [-0.4, -0.2) is 28.1 Å². The minimum atomic E-state index is -4.85. The molecule has 0 bridgehead atoms. The van der Waals surface area contributed by atoms with E-state index in [1.165, 1.54) is 16.7 Å². The molecular weight excluding hydrogens is 760 g/mol. The van der Waals surface area contributed by atoms with E-state index < -0.39 is 35.8 Å². The van der Waals surface area contributed by atoms with Gasteiger partial charge in [-0.3, -0.25) is 14.2 Å². The molecular formula is C45H35F6N3O4. The van der Waals surface area contributed by atoms with Crippen molar-refractivity contribution in [1.29, 1.82) is 0 Å². The van der Waals surface area contributed by atoms with Crippen LogP contribution in [0.1, 0.15) is 56.8 Å². The van der Waals surface area contributed by atoms with Crippen molar-refractivity contribution in [3.8, 4) is 11.5 Å². The first-order valence-corrected chi connectivity index (χ1v) is 17.8. The van der Waals surface area contributed by atoms with Gasteiger partial charge >= 0.3 is 12.7 Å². The van der Waals surface area contributed by atoms with Crippen molar-refractivity contribution in [3.05, 3.63) is 202 Å². The number of ketones is 1. The molecule has 6 aromatic carbocycles. The van der Waals surface area contributed by atoms with E-state index in [4.69, 9.17) is 5.73 Å². The number of aromatic nitrogens is 2. The van der Waals surface area contributed by atoms with Crippen LogP contribution in [0.15, 0.2) is 163 Å². The third kappa shape index (κ3) is 10.3. The van der Waals surface area contributed by atoms with E-state index in [0.717, 1.165) is 46.5 Å². The second-order valence-corrected chi connectivity index (χ2v) is 13.1. The van der Waals surface area contributed by atoms with Crippen molar-refractivity contribution in [2.45, 2.75) is 38.0 Å². The average molecular weight is 796 g/mol. The zero-order chi connectivity index (χ0) is 41.5. The number of hydrogen-bond donors (Lipinski definition) is 1. The Labute approximate surface area is 328 Å². The number of halogens is 6. The largest absolute Gasteiger partial charge is 0.573 e. The maximum Gasteiger partial charge on any atom is 0.573 e. The number of aryl methyl sites for hydroxylation is 1. The second-order valence-electron chi connectivity index (χ2n) is 13.1. The van der Waals surface area contributed by atoms with Crippen molar-refractivity contribution in [2.24, 2.45) is 0 Å². The first kappa shape index (κ1) is 40.8. The van der Waals surface area contributed by atoms with Crippen molar-refractivity contribution in [1.82, 2.24) is 9.55 Å². The summed E-state index contributed by atoms with van der Waals surface area (Å²) in [6, 6.07) is 44.2. The van der Waals surface area contributed by atoms with Crippen LogP contribution in [0.3, 0.4) is 0 Å². The van der Waals surface area contributed by atoms with Gasteiger partial charge in [0.1, 0.15) is 17.3 Å². The lowest BCUT2D eigenvalue weighted by Crippen LogP contribution is -2.29. The fraction of sp³-hybridized carbons (Fsp3) is 0.133. The average Bonchev–Trinajstić information content (AvgIpc) is 3.20. The fourth-order valence-electron chi connectivity index (χ4n) is 6.62. The van der Waals surface area contributed by atoms with Crippen LogP contribution >= 0.6 is 0 Å². The first-order chi connectivity index (χ1) is 27.7. The number of carbonyl (C=O) groups excluding carboxylic acids is 1. The summed E-state index contributed by atoms with van der Waals surface area (Å²) in [6.45, 7) is 1.71. The SMILES string of the molecule is Cc1nc2ccc(OC(F)(F)F)cc2c(=O)n1C(c1ccccc1)c1ccccc1.Nc1ccc(OC(F)(F)F)cc1C(=O)CC(c1ccccc1)c1ccccc1. The molecule has 296 valence electrons. The molecule has 0 atom stereocenters. The lowest BCUT2D eigenvalue weighted by molar-refractivity contribution is -0.275. The molecule has 7 rings (SSSR count). The monoisotopic (exact) mass is 795 g/mol. The highest BCUT2D eigenvalue weighted by Gasteiger charge is 2.33. The Morgan fingerprint density at radius 1 is 0.638 bits per heavy atom. The molecule has 1 aromatic heterocycles. The molecule has 0 aliphatic carbocycles. The van der Waals surface area contributed by atoms with E-state index in [2.05, 4.69) is 14.5 Å². The molecule has 0 aliphatic heterocycles. The van der Waals surface area contributed by atoms with Gasteiger partial charge in [0.25, 0.3) is 5.56 Å². The Morgan fingerprint density at radius 2 is 1.07 bits per heavy atom. The minimum Gasteiger partial charge on any atom is -0.406 e. The van der Waals surface area contributed by atoms with E-state index in [9.17, 15) is 35.9 Å². The predicted octanol–water partition coefficient (Wildman–Crippen LogP) is 10.8. The molecule has 2 N–H and O–H groups in total. The third-order valence-corrected chi connectivity index (χ3v) is 9.12. The highest BCUT2D eigenvalue weighted by molar-refractivity contribution is 6.01. The summed E-state index contributed by atoms with van der Waals surface area (Å²) < 4.78 is 84.8. The van der Waals surface area contributed by atoms with Crippen molar-refractivity contribution in [2.75, 3.05) is 5.73 Å². The summed E-state index contributed by atoms with van der Waals surface area (Å²) >= 11 is 0. The van der Waals surface area contributed by atoms with Gasteiger partial charge in [-0.05, 0) is 65.6 Å². The Kier molecular flexibility index (Phi) is 12.3. The molecule has 0 saturated heterocycles. The van der Waals surface area contributed by atoms with Crippen molar-refractivity contribution in [3.63, 3.8) is 0 Å². The zero-order valence-electron chi connectivity index (χ0n) is 30.7. The van der Waals surface area contributed by atoms with Gasteiger partial charge in [0.15, 0.2) is 5.78 Å². The van der Waals surface area contributed by atoms with Gasteiger partial charge in [-0.15, -0.1) is 26.3 Å². The van der Waals surface area contributed by atoms with E-state index in [-0.39, 0.29) is 34.8 Å². The molecule has 58 heavy (non-hydrogen) atoms. The maximum absolute atomic E-state index is 13.4. The lowest BCUT2D eigenvalue weighted by atomic mass is 9.85. The number of rotatable bonds is 10. The highest BCUT2D eigenvalue weighted by atomic mass is 19.4. The first-order valence-electron chi connectivity index (χ1n) is 17.8. The van der Waals surface area contributed by atoms with Gasteiger partial charge < -0.3 is 15.2 Å². The van der Waals surface area contributed by atoms with Crippen molar-refractivity contribution >= 4 is 22.4 Å². The third-order valence-electron chi connectivity index (χ3n) is 9.12. The summed E-state index contributed by atoms with van der Waals surface area (Å²) in [5.41, 5.74) is 9.42. The highest BCUT2D eigenvalue weighted by Crippen LogP contribution is 2.33. The molecule has 0 spiro atoms. The quantitative estimate of drug-likeness (QED) is 0.0841. The summed E-state index contributed by atoms with van der Waals surface area (Å²) in [4.78, 5) is 30.8. The van der Waals surface area contributed by atoms with Gasteiger partial charge in [-0.2, -0.15) is 0 Å². The zero-order valence-corrected chi connectivity index (χ0v) is 30.7. The maximum atomic E-state index is 13.4. The van der Waals surface area contributed by atoms with E-state index >= 15 is 0 Å². The predicted molar refractivity (Wildman–Crippen MR) is 209 cm³/mol. The minimum absolute atomic E-state index is 0.0126. The summed E-state index contributed by atoms with van der Waals surface area (Å²) in [6.07, 6.45) is -9.62. The Hall–Kier alpha value is -6.89. The lowest BCUT2D eigenvalue weighted by Gasteiger charge is -2.23. The molecule has 0 unspecified atom stereocenters. The van der Waals surface area contributed by atoms with Crippen LogP contribution in [0, 0.1) is 6.92 Å². The summed E-state index contributed by atoms with van der Waals surface area (Å²) in [5, 5.41) is 0.0548. The molecule has 0 radical (unpaired) electrons. The fourth-order valence-corrected chi connectivity index (χ4v) is 6.62. The molecule has 1 heterocycles.